The number of methoxy groups -OCH3 is 2. The highest BCUT2D eigenvalue weighted by Crippen LogP contribution is 2.36. The second-order valence-corrected chi connectivity index (χ2v) is 7.09. The molecule has 3 rings (SSSR count). The number of nitrogens with one attached hydrogen (secondary N) is 2. The fourth-order valence-electron chi connectivity index (χ4n) is 3.42. The van der Waals surface area contributed by atoms with Gasteiger partial charge in [0.1, 0.15) is 23.6 Å². The number of anilines is 1. The van der Waals surface area contributed by atoms with Crippen molar-refractivity contribution >= 4 is 35.1 Å². The van der Waals surface area contributed by atoms with Crippen LogP contribution in [0.4, 0.5) is 10.5 Å². The van der Waals surface area contributed by atoms with E-state index < -0.39 is 29.9 Å². The number of ether oxygens (including phenoxy) is 2. The van der Waals surface area contributed by atoms with Gasteiger partial charge in [-0.15, -0.1) is 0 Å². The number of imide groups is 1. The van der Waals surface area contributed by atoms with Crippen molar-refractivity contribution in [3.05, 3.63) is 53.1 Å². The van der Waals surface area contributed by atoms with Crippen LogP contribution < -0.4 is 20.1 Å². The van der Waals surface area contributed by atoms with Crippen LogP contribution in [0.2, 0.25) is 5.02 Å². The van der Waals surface area contributed by atoms with Crippen LogP contribution in [0.3, 0.4) is 0 Å². The van der Waals surface area contributed by atoms with Gasteiger partial charge >= 0.3 is 6.03 Å². The van der Waals surface area contributed by atoms with Gasteiger partial charge in [-0.1, -0.05) is 48.9 Å². The smallest absolute Gasteiger partial charge is 0.325 e. The van der Waals surface area contributed by atoms with Crippen molar-refractivity contribution in [3.8, 4) is 11.5 Å². The standard InChI is InChI=1S/C21H22ClN3O5/c1-4-21(13-8-6-5-7-9-13)19(27)25(20(28)24-21)12-18(26)23-15-11-16(29-2)14(22)10-17(15)30-3/h5-11H,4,12H2,1-3H3,(H,23,26)(H,24,28). The van der Waals surface area contributed by atoms with Crippen LogP contribution in [0.1, 0.15) is 18.9 Å². The Labute approximate surface area is 179 Å². The van der Waals surface area contributed by atoms with E-state index in [1.54, 1.807) is 31.2 Å². The molecule has 0 radical (unpaired) electrons. The number of halogens is 1. The predicted molar refractivity (Wildman–Crippen MR) is 112 cm³/mol. The molecule has 8 nitrogen and oxygen atoms in total. The molecule has 1 fully saturated rings. The highest BCUT2D eigenvalue weighted by molar-refractivity contribution is 6.32. The maximum Gasteiger partial charge on any atom is 0.325 e. The minimum absolute atomic E-state index is 0.306. The van der Waals surface area contributed by atoms with Gasteiger partial charge in [-0.2, -0.15) is 0 Å². The number of hydrogen-bond donors (Lipinski definition) is 2. The van der Waals surface area contributed by atoms with Gasteiger partial charge in [0.25, 0.3) is 5.91 Å². The van der Waals surface area contributed by atoms with Crippen molar-refractivity contribution in [1.82, 2.24) is 10.2 Å². The molecule has 1 unspecified atom stereocenters. The Hall–Kier alpha value is -3.26. The number of urea groups is 1. The van der Waals surface area contributed by atoms with Crippen molar-refractivity contribution in [2.75, 3.05) is 26.1 Å². The number of rotatable bonds is 7. The molecular weight excluding hydrogens is 410 g/mol. The van der Waals surface area contributed by atoms with Gasteiger partial charge in [0.2, 0.25) is 5.91 Å². The number of carbonyl (C=O) groups is 3. The summed E-state index contributed by atoms with van der Waals surface area (Å²) < 4.78 is 10.4. The van der Waals surface area contributed by atoms with Crippen molar-refractivity contribution < 1.29 is 23.9 Å². The average molecular weight is 432 g/mol. The van der Waals surface area contributed by atoms with Gasteiger partial charge in [0.15, 0.2) is 0 Å². The first-order valence-corrected chi connectivity index (χ1v) is 9.65. The molecule has 1 aliphatic rings. The van der Waals surface area contributed by atoms with E-state index in [1.165, 1.54) is 26.4 Å². The summed E-state index contributed by atoms with van der Waals surface area (Å²) in [5.41, 5.74) is -0.224. The summed E-state index contributed by atoms with van der Waals surface area (Å²) in [5.74, 6) is -0.381. The van der Waals surface area contributed by atoms with Gasteiger partial charge in [0.05, 0.1) is 24.9 Å². The first-order chi connectivity index (χ1) is 14.4. The highest BCUT2D eigenvalue weighted by atomic mass is 35.5. The molecule has 1 saturated heterocycles. The van der Waals surface area contributed by atoms with E-state index in [2.05, 4.69) is 10.6 Å². The molecule has 0 saturated carbocycles. The number of carbonyl (C=O) groups excluding carboxylic acids is 3. The van der Waals surface area contributed by atoms with E-state index in [-0.39, 0.29) is 0 Å². The van der Waals surface area contributed by atoms with E-state index in [4.69, 9.17) is 21.1 Å². The second-order valence-electron chi connectivity index (χ2n) is 6.68. The lowest BCUT2D eigenvalue weighted by Crippen LogP contribution is -2.44. The largest absolute Gasteiger partial charge is 0.495 e. The molecule has 9 heteroatoms. The van der Waals surface area contributed by atoms with Crippen LogP contribution in [0.5, 0.6) is 11.5 Å². The fraction of sp³-hybridized carbons (Fsp3) is 0.286. The quantitative estimate of drug-likeness (QED) is 0.656. The predicted octanol–water partition coefficient (Wildman–Crippen LogP) is 3.15. The topological polar surface area (TPSA) is 97.0 Å². The summed E-state index contributed by atoms with van der Waals surface area (Å²) in [6.07, 6.45) is 0.349. The molecule has 30 heavy (non-hydrogen) atoms. The molecule has 0 aromatic heterocycles. The SMILES string of the molecule is CCC1(c2ccccc2)NC(=O)N(CC(=O)Nc2cc(OC)c(Cl)cc2OC)C1=O. The first kappa shape index (κ1) is 21.4. The molecule has 1 heterocycles. The molecule has 1 atom stereocenters. The zero-order valence-corrected chi connectivity index (χ0v) is 17.6. The molecule has 158 valence electrons. The lowest BCUT2D eigenvalue weighted by atomic mass is 9.87. The Bertz CT molecular complexity index is 982. The van der Waals surface area contributed by atoms with Crippen molar-refractivity contribution in [1.29, 1.82) is 0 Å². The van der Waals surface area contributed by atoms with Crippen LogP contribution in [-0.4, -0.2) is 43.5 Å². The summed E-state index contributed by atoms with van der Waals surface area (Å²) in [5, 5.41) is 5.70. The summed E-state index contributed by atoms with van der Waals surface area (Å²) >= 11 is 6.07. The summed E-state index contributed by atoms with van der Waals surface area (Å²) in [6.45, 7) is 1.35. The molecule has 2 aromatic rings. The highest BCUT2D eigenvalue weighted by Gasteiger charge is 2.51. The number of amides is 4. The Kier molecular flexibility index (Phi) is 6.17. The normalized spacial score (nSPS) is 18.2. The van der Waals surface area contributed by atoms with E-state index in [0.29, 0.717) is 34.2 Å². The van der Waals surface area contributed by atoms with Crippen LogP contribution in [0.15, 0.2) is 42.5 Å². The summed E-state index contributed by atoms with van der Waals surface area (Å²) in [7, 11) is 2.88. The van der Waals surface area contributed by atoms with Gasteiger partial charge in [0, 0.05) is 12.1 Å². The van der Waals surface area contributed by atoms with E-state index in [9.17, 15) is 14.4 Å². The van der Waals surface area contributed by atoms with Crippen molar-refractivity contribution in [3.63, 3.8) is 0 Å². The Balaban J connectivity index is 1.81. The molecule has 0 bridgehead atoms. The molecule has 1 aliphatic heterocycles. The molecule has 4 amide bonds. The first-order valence-electron chi connectivity index (χ1n) is 9.27. The van der Waals surface area contributed by atoms with Crippen molar-refractivity contribution in [2.24, 2.45) is 0 Å². The van der Waals surface area contributed by atoms with Gasteiger partial charge < -0.3 is 20.1 Å². The minimum Gasteiger partial charge on any atom is -0.495 e. The number of hydrogen-bond acceptors (Lipinski definition) is 5. The maximum atomic E-state index is 13.1. The zero-order valence-electron chi connectivity index (χ0n) is 16.8. The lowest BCUT2D eigenvalue weighted by molar-refractivity contribution is -0.134. The van der Waals surface area contributed by atoms with Crippen LogP contribution >= 0.6 is 11.6 Å². The molecule has 0 spiro atoms. The molecule has 2 aromatic carbocycles. The van der Waals surface area contributed by atoms with Crippen molar-refractivity contribution in [2.45, 2.75) is 18.9 Å². The van der Waals surface area contributed by atoms with E-state index >= 15 is 0 Å². The molecule has 0 aliphatic carbocycles. The van der Waals surface area contributed by atoms with Gasteiger partial charge in [-0.25, -0.2) is 4.79 Å². The van der Waals surface area contributed by atoms with E-state index in [1.807, 2.05) is 6.07 Å². The third kappa shape index (κ3) is 3.78. The number of benzene rings is 2. The monoisotopic (exact) mass is 431 g/mol. The Morgan fingerprint density at radius 1 is 1.13 bits per heavy atom. The van der Waals surface area contributed by atoms with E-state index in [0.717, 1.165) is 4.90 Å². The number of nitrogens with zero attached hydrogens (tertiary/aromatic N) is 1. The maximum absolute atomic E-state index is 13.1. The minimum atomic E-state index is -1.19. The zero-order chi connectivity index (χ0) is 21.9. The van der Waals surface area contributed by atoms with Gasteiger partial charge in [-0.05, 0) is 12.0 Å². The lowest BCUT2D eigenvalue weighted by Gasteiger charge is -2.25. The van der Waals surface area contributed by atoms with Gasteiger partial charge in [-0.3, -0.25) is 14.5 Å². The fourth-order valence-corrected chi connectivity index (χ4v) is 3.65. The molecular formula is C21H22ClN3O5. The van der Waals surface area contributed by atoms with Crippen LogP contribution in [-0.2, 0) is 15.1 Å². The Morgan fingerprint density at radius 2 is 1.80 bits per heavy atom. The molecule has 2 N–H and O–H groups in total. The Morgan fingerprint density at radius 3 is 2.40 bits per heavy atom. The average Bonchev–Trinajstić information content (AvgIpc) is 3.00. The third-order valence-electron chi connectivity index (χ3n) is 5.02. The third-order valence-corrected chi connectivity index (χ3v) is 5.32. The van der Waals surface area contributed by atoms with Crippen LogP contribution in [0.25, 0.3) is 0 Å². The van der Waals surface area contributed by atoms with Crippen LogP contribution in [0, 0.1) is 0 Å². The second kappa shape index (κ2) is 8.62. The summed E-state index contributed by atoms with van der Waals surface area (Å²) in [4.78, 5) is 39.2. The summed E-state index contributed by atoms with van der Waals surface area (Å²) in [6, 6.07) is 11.3.